The van der Waals surface area contributed by atoms with Crippen LogP contribution in [0.3, 0.4) is 0 Å². The highest BCUT2D eigenvalue weighted by molar-refractivity contribution is 5.97. The van der Waals surface area contributed by atoms with Gasteiger partial charge < -0.3 is 43.0 Å². The van der Waals surface area contributed by atoms with Gasteiger partial charge in [-0.2, -0.15) is 0 Å². The van der Waals surface area contributed by atoms with Gasteiger partial charge >= 0.3 is 23.9 Å². The van der Waals surface area contributed by atoms with Crippen molar-refractivity contribution >= 4 is 23.9 Å². The summed E-state index contributed by atoms with van der Waals surface area (Å²) in [5.74, 6) is 12.0. The lowest BCUT2D eigenvalue weighted by atomic mass is 9.87. The molecular weight excluding hydrogens is 1110 g/mol. The number of esters is 4. The van der Waals surface area contributed by atoms with E-state index in [4.69, 9.17) is 37.9 Å². The fourth-order valence-corrected chi connectivity index (χ4v) is 8.80. The Kier molecular flexibility index (Phi) is 22.5. The molecule has 0 fully saturated rings. The highest BCUT2D eigenvalue weighted by atomic mass is 16.6. The third kappa shape index (κ3) is 20.4. The van der Waals surface area contributed by atoms with E-state index in [1.165, 1.54) is 36.4 Å². The Morgan fingerprint density at radius 2 is 0.523 bits per heavy atom. The van der Waals surface area contributed by atoms with Gasteiger partial charge in [0.2, 0.25) is 0 Å². The summed E-state index contributed by atoms with van der Waals surface area (Å²) in [7, 11) is 0. The van der Waals surface area contributed by atoms with Gasteiger partial charge in [-0.15, -0.1) is 0 Å². The second-order valence-electron chi connectivity index (χ2n) is 25.2. The van der Waals surface area contributed by atoms with Crippen molar-refractivity contribution in [3.05, 3.63) is 224 Å². The fraction of sp³-hybridized carbons (Fsp3) is 0.333. The van der Waals surface area contributed by atoms with Crippen molar-refractivity contribution in [3.8, 4) is 46.7 Å². The van der Waals surface area contributed by atoms with Gasteiger partial charge in [-0.05, 0) is 153 Å². The highest BCUT2D eigenvalue weighted by Gasteiger charge is 2.20. The van der Waals surface area contributed by atoms with Crippen molar-refractivity contribution in [2.45, 2.75) is 111 Å². The lowest BCUT2D eigenvalue weighted by Crippen LogP contribution is -2.15. The lowest BCUT2D eigenvalue weighted by Gasteiger charge is -2.19. The summed E-state index contributed by atoms with van der Waals surface area (Å²) in [4.78, 5) is 54.5. The Bertz CT molecular complexity index is 3230. The Morgan fingerprint density at radius 1 is 0.307 bits per heavy atom. The predicted octanol–water partition coefficient (Wildman–Crippen LogP) is 14.1. The zero-order chi connectivity index (χ0) is 63.7. The molecule has 88 heavy (non-hydrogen) atoms. The standard InChI is InChI=1S/C75H80O13/c1-72(2,3)60-17-25-64(26-18-60)81-33-37-85-68(77)56-44-53(45-57(48-56)69(78)86-38-34-82-65-27-19-61(20-28-65)73(4,5)6)15-13-51-41-52(43-55(42-51)50-76)14-16-54-46-58(70(79)87-39-35-83-66-29-21-62(22-30-66)74(7,8)9)49-59(47-54)71(80)88-40-36-84-67-31-23-63(24-32-67)75(10,11)12/h17-32,41-49,76H,33-40,50H2,1-12H3. The van der Waals surface area contributed by atoms with Crippen LogP contribution in [-0.4, -0.2) is 81.8 Å². The molecule has 0 spiro atoms. The Labute approximate surface area is 518 Å². The number of aliphatic hydroxyl groups is 1. The van der Waals surface area contributed by atoms with E-state index >= 15 is 0 Å². The van der Waals surface area contributed by atoms with Gasteiger partial charge in [0.25, 0.3) is 0 Å². The zero-order valence-electron chi connectivity index (χ0n) is 52.6. The average molecular weight is 1190 g/mol. The van der Waals surface area contributed by atoms with Crippen LogP contribution in [0.15, 0.2) is 152 Å². The van der Waals surface area contributed by atoms with E-state index in [1.807, 2.05) is 97.1 Å². The minimum Gasteiger partial charge on any atom is -0.490 e. The van der Waals surface area contributed by atoms with E-state index in [1.54, 1.807) is 18.2 Å². The Balaban J connectivity index is 1.09. The van der Waals surface area contributed by atoms with Crippen LogP contribution in [0, 0.1) is 23.7 Å². The van der Waals surface area contributed by atoms with E-state index in [9.17, 15) is 24.3 Å². The first-order valence-electron chi connectivity index (χ1n) is 29.4. The molecule has 7 rings (SSSR count). The third-order valence-electron chi connectivity index (χ3n) is 13.9. The van der Waals surface area contributed by atoms with Gasteiger partial charge in [-0.25, -0.2) is 19.2 Å². The molecule has 0 aliphatic rings. The molecule has 0 heterocycles. The molecule has 0 atom stereocenters. The van der Waals surface area contributed by atoms with E-state index in [2.05, 4.69) is 107 Å². The number of benzene rings is 7. The molecule has 0 saturated heterocycles. The molecular formula is C75H80O13. The average Bonchev–Trinajstić information content (AvgIpc) is 3.61. The second kappa shape index (κ2) is 29.9. The monoisotopic (exact) mass is 1190 g/mol. The van der Waals surface area contributed by atoms with E-state index in [0.717, 1.165) is 22.3 Å². The maximum absolute atomic E-state index is 13.6. The van der Waals surface area contributed by atoms with Gasteiger partial charge in [0.05, 0.1) is 28.9 Å². The SMILES string of the molecule is CC(C)(C)c1ccc(OCCOC(=O)c2cc(C#Cc3cc(C#Cc4cc(C(=O)OCCOc5ccc(C(C)(C)C)cc5)cc(C(=O)OCCOc5ccc(C(C)(C)C)cc5)c4)cc(CO)c3)cc(C(=O)OCCOc3ccc(C(C)(C)C)cc3)c2)cc1. The molecule has 7 aromatic carbocycles. The molecule has 458 valence electrons. The largest absolute Gasteiger partial charge is 0.490 e. The quantitative estimate of drug-likeness (QED) is 0.0313. The van der Waals surface area contributed by atoms with Crippen molar-refractivity contribution < 1.29 is 62.2 Å². The molecule has 0 saturated carbocycles. The van der Waals surface area contributed by atoms with Crippen LogP contribution < -0.4 is 18.9 Å². The number of ether oxygens (including phenoxy) is 8. The summed E-state index contributed by atoms with van der Waals surface area (Å²) in [6.45, 7) is 25.2. The van der Waals surface area contributed by atoms with Crippen LogP contribution in [0.25, 0.3) is 0 Å². The molecule has 7 aromatic rings. The van der Waals surface area contributed by atoms with Crippen LogP contribution >= 0.6 is 0 Å². The van der Waals surface area contributed by atoms with Crippen LogP contribution in [0.1, 0.15) is 175 Å². The van der Waals surface area contributed by atoms with Gasteiger partial charge in [0, 0.05) is 22.3 Å². The van der Waals surface area contributed by atoms with Crippen molar-refractivity contribution in [2.75, 3.05) is 52.9 Å². The summed E-state index contributed by atoms with van der Waals surface area (Å²) in [6, 6.07) is 44.8. The number of aliphatic hydroxyl groups excluding tert-OH is 1. The van der Waals surface area contributed by atoms with Crippen molar-refractivity contribution in [1.82, 2.24) is 0 Å². The summed E-state index contributed by atoms with van der Waals surface area (Å²) < 4.78 is 45.9. The second-order valence-corrected chi connectivity index (χ2v) is 25.2. The van der Waals surface area contributed by atoms with E-state index in [-0.39, 0.29) is 103 Å². The number of rotatable bonds is 21. The molecule has 1 N–H and O–H groups in total. The first-order chi connectivity index (χ1) is 41.7. The molecule has 0 aliphatic heterocycles. The number of hydrogen-bond acceptors (Lipinski definition) is 13. The van der Waals surface area contributed by atoms with Gasteiger partial charge in [0.1, 0.15) is 75.9 Å². The maximum Gasteiger partial charge on any atom is 0.338 e. The number of carbonyl (C=O) groups excluding carboxylic acids is 4. The Hall–Kier alpha value is -9.30. The molecule has 0 amide bonds. The molecule has 0 aromatic heterocycles. The van der Waals surface area contributed by atoms with Crippen LogP contribution in [0.5, 0.6) is 23.0 Å². The highest BCUT2D eigenvalue weighted by Crippen LogP contribution is 2.28. The minimum absolute atomic E-state index is 0.0227. The smallest absolute Gasteiger partial charge is 0.338 e. The third-order valence-corrected chi connectivity index (χ3v) is 13.9. The van der Waals surface area contributed by atoms with Gasteiger partial charge in [-0.1, -0.05) is 155 Å². The maximum atomic E-state index is 13.6. The number of hydrogen-bond donors (Lipinski definition) is 1. The number of carbonyl (C=O) groups is 4. The zero-order valence-corrected chi connectivity index (χ0v) is 52.6. The van der Waals surface area contributed by atoms with E-state index < -0.39 is 23.9 Å². The first kappa shape index (κ1) is 66.2. The van der Waals surface area contributed by atoms with Crippen molar-refractivity contribution in [1.29, 1.82) is 0 Å². The van der Waals surface area contributed by atoms with Crippen molar-refractivity contribution in [3.63, 3.8) is 0 Å². The van der Waals surface area contributed by atoms with Gasteiger partial charge in [0.15, 0.2) is 0 Å². The van der Waals surface area contributed by atoms with Crippen LogP contribution in [0.2, 0.25) is 0 Å². The summed E-state index contributed by atoms with van der Waals surface area (Å²) in [5.41, 5.74) is 6.69. The molecule has 13 nitrogen and oxygen atoms in total. The molecule has 0 aliphatic carbocycles. The lowest BCUT2D eigenvalue weighted by molar-refractivity contribution is 0.0432. The summed E-state index contributed by atoms with van der Waals surface area (Å²) in [5, 5.41) is 10.4. The van der Waals surface area contributed by atoms with Crippen LogP contribution in [0.4, 0.5) is 0 Å². The van der Waals surface area contributed by atoms with Crippen LogP contribution in [-0.2, 0) is 47.2 Å². The first-order valence-corrected chi connectivity index (χ1v) is 29.4. The van der Waals surface area contributed by atoms with Gasteiger partial charge in [-0.3, -0.25) is 0 Å². The molecule has 0 bridgehead atoms. The summed E-state index contributed by atoms with van der Waals surface area (Å²) in [6.07, 6.45) is 0. The minimum atomic E-state index is -0.710. The molecule has 0 radical (unpaired) electrons. The molecule has 13 heteroatoms. The topological polar surface area (TPSA) is 162 Å². The predicted molar refractivity (Wildman–Crippen MR) is 341 cm³/mol. The Morgan fingerprint density at radius 3 is 0.727 bits per heavy atom. The fourth-order valence-electron chi connectivity index (χ4n) is 8.80. The van der Waals surface area contributed by atoms with E-state index in [0.29, 0.717) is 50.8 Å². The molecule has 0 unspecified atom stereocenters. The van der Waals surface area contributed by atoms with Crippen molar-refractivity contribution in [2.24, 2.45) is 0 Å². The summed E-state index contributed by atoms with van der Waals surface area (Å²) >= 11 is 0. The normalized spacial score (nSPS) is 11.4.